The van der Waals surface area contributed by atoms with Crippen LogP contribution in [0.4, 0.5) is 0 Å². The Morgan fingerprint density at radius 2 is 1.58 bits per heavy atom. The van der Waals surface area contributed by atoms with Crippen molar-refractivity contribution in [3.63, 3.8) is 0 Å². The van der Waals surface area contributed by atoms with Gasteiger partial charge in [0.05, 0.1) is 27.9 Å². The number of aromatic nitrogens is 2. The second-order valence-electron chi connectivity index (χ2n) is 5.74. The van der Waals surface area contributed by atoms with E-state index in [1.54, 1.807) is 54.7 Å². The Morgan fingerprint density at radius 3 is 2.35 bits per heavy atom. The predicted octanol–water partition coefficient (Wildman–Crippen LogP) is 3.85. The van der Waals surface area contributed by atoms with Gasteiger partial charge < -0.3 is 10.2 Å². The zero-order valence-corrected chi connectivity index (χ0v) is 13.4. The Balaban J connectivity index is 2.09. The summed E-state index contributed by atoms with van der Waals surface area (Å²) in [6.07, 6.45) is 1.59. The lowest BCUT2D eigenvalue weighted by Gasteiger charge is -2.11. The molecule has 0 aliphatic carbocycles. The second kappa shape index (κ2) is 5.93. The first-order chi connectivity index (χ1) is 12.6. The molecule has 2 heterocycles. The molecule has 4 aromatic rings. The van der Waals surface area contributed by atoms with Crippen molar-refractivity contribution in [3.05, 3.63) is 71.9 Å². The van der Waals surface area contributed by atoms with E-state index in [4.69, 9.17) is 0 Å². The lowest BCUT2D eigenvalue weighted by Crippen LogP contribution is -2.05. The van der Waals surface area contributed by atoms with Gasteiger partial charge in [-0.3, -0.25) is 4.98 Å². The van der Waals surface area contributed by atoms with Crippen LogP contribution in [-0.2, 0) is 0 Å². The van der Waals surface area contributed by atoms with Crippen LogP contribution in [0.2, 0.25) is 0 Å². The molecule has 0 radical (unpaired) electrons. The maximum Gasteiger partial charge on any atom is 0.337 e. The van der Waals surface area contributed by atoms with Crippen molar-refractivity contribution < 1.29 is 19.8 Å². The maximum absolute atomic E-state index is 11.9. The molecule has 2 aromatic heterocycles. The van der Waals surface area contributed by atoms with Crippen molar-refractivity contribution in [2.75, 3.05) is 0 Å². The summed E-state index contributed by atoms with van der Waals surface area (Å²) in [7, 11) is 0. The van der Waals surface area contributed by atoms with Crippen molar-refractivity contribution in [3.8, 4) is 11.3 Å². The number of pyridine rings is 2. The maximum atomic E-state index is 11.9. The third kappa shape index (κ3) is 2.44. The molecule has 6 heteroatoms. The highest BCUT2D eigenvalue weighted by Gasteiger charge is 2.19. The first-order valence-electron chi connectivity index (χ1n) is 7.81. The smallest absolute Gasteiger partial charge is 0.337 e. The van der Waals surface area contributed by atoms with Crippen molar-refractivity contribution in [2.24, 2.45) is 0 Å². The SMILES string of the molecule is O=C(O)c1cc(-c2ccc3ncccc3c2C(=O)O)nc2ccccc12. The van der Waals surface area contributed by atoms with E-state index in [2.05, 4.69) is 9.97 Å². The Bertz CT molecular complexity index is 1200. The minimum Gasteiger partial charge on any atom is -0.478 e. The number of fused-ring (bicyclic) bond motifs is 2. The van der Waals surface area contributed by atoms with Gasteiger partial charge in [-0.05, 0) is 30.3 Å². The normalized spacial score (nSPS) is 10.9. The Kier molecular flexibility index (Phi) is 3.58. The van der Waals surface area contributed by atoms with E-state index >= 15 is 0 Å². The van der Waals surface area contributed by atoms with E-state index < -0.39 is 11.9 Å². The van der Waals surface area contributed by atoms with Gasteiger partial charge in [-0.25, -0.2) is 14.6 Å². The summed E-state index contributed by atoms with van der Waals surface area (Å²) in [4.78, 5) is 32.3. The summed E-state index contributed by atoms with van der Waals surface area (Å²) in [5.74, 6) is -2.21. The number of para-hydroxylation sites is 1. The van der Waals surface area contributed by atoms with Gasteiger partial charge in [0, 0.05) is 22.5 Å². The number of carboxylic acid groups (broad SMARTS) is 2. The van der Waals surface area contributed by atoms with Crippen molar-refractivity contribution in [2.45, 2.75) is 0 Å². The van der Waals surface area contributed by atoms with Crippen molar-refractivity contribution >= 4 is 33.7 Å². The quantitative estimate of drug-likeness (QED) is 0.585. The molecule has 0 spiro atoms. The van der Waals surface area contributed by atoms with Gasteiger partial charge in [0.1, 0.15) is 0 Å². The zero-order chi connectivity index (χ0) is 18.3. The molecule has 126 valence electrons. The van der Waals surface area contributed by atoms with Gasteiger partial charge in [-0.2, -0.15) is 0 Å². The molecule has 0 aliphatic heterocycles. The molecule has 0 fully saturated rings. The molecule has 0 amide bonds. The molecular weight excluding hydrogens is 332 g/mol. The monoisotopic (exact) mass is 344 g/mol. The summed E-state index contributed by atoms with van der Waals surface area (Å²) in [6.45, 7) is 0. The number of aromatic carboxylic acids is 2. The molecule has 0 saturated heterocycles. The van der Waals surface area contributed by atoms with Crippen LogP contribution in [0.3, 0.4) is 0 Å². The van der Waals surface area contributed by atoms with Crippen molar-refractivity contribution in [1.82, 2.24) is 9.97 Å². The van der Waals surface area contributed by atoms with E-state index in [1.807, 2.05) is 0 Å². The summed E-state index contributed by atoms with van der Waals surface area (Å²) >= 11 is 0. The first-order valence-corrected chi connectivity index (χ1v) is 7.81. The average Bonchev–Trinajstić information content (AvgIpc) is 2.65. The molecule has 0 unspecified atom stereocenters. The Labute approximate surface area is 147 Å². The first kappa shape index (κ1) is 15.7. The minimum absolute atomic E-state index is 0.0507. The van der Waals surface area contributed by atoms with E-state index in [0.29, 0.717) is 33.1 Å². The van der Waals surface area contributed by atoms with Gasteiger partial charge in [-0.1, -0.05) is 24.3 Å². The number of carboxylic acids is 2. The fourth-order valence-corrected chi connectivity index (χ4v) is 3.09. The second-order valence-corrected chi connectivity index (χ2v) is 5.74. The Hall–Kier alpha value is -3.80. The molecular formula is C20H12N2O4. The molecule has 2 aromatic carbocycles. The van der Waals surface area contributed by atoms with Crippen LogP contribution in [0, 0.1) is 0 Å². The van der Waals surface area contributed by atoms with Gasteiger partial charge in [0.15, 0.2) is 0 Å². The van der Waals surface area contributed by atoms with Crippen LogP contribution in [0.15, 0.2) is 60.8 Å². The lowest BCUT2D eigenvalue weighted by molar-refractivity contribution is 0.0689. The summed E-state index contributed by atoms with van der Waals surface area (Å²) in [5, 5.41) is 20.3. The van der Waals surface area contributed by atoms with Gasteiger partial charge in [-0.15, -0.1) is 0 Å². The molecule has 4 rings (SSSR count). The number of hydrogen-bond donors (Lipinski definition) is 2. The van der Waals surface area contributed by atoms with Crippen LogP contribution >= 0.6 is 0 Å². The highest BCUT2D eigenvalue weighted by molar-refractivity contribution is 6.10. The van der Waals surface area contributed by atoms with Gasteiger partial charge in [0.25, 0.3) is 0 Å². The standard InChI is InChI=1S/C20H12N2O4/c23-19(24)14-10-17(22-16-6-2-1-4-11(14)16)13-7-8-15-12(5-3-9-21-15)18(13)20(25)26/h1-10H,(H,23,24)(H,25,26). The number of rotatable bonds is 3. The molecule has 26 heavy (non-hydrogen) atoms. The van der Waals surface area contributed by atoms with E-state index in [1.165, 1.54) is 6.07 Å². The van der Waals surface area contributed by atoms with Crippen LogP contribution in [0.25, 0.3) is 33.1 Å². The number of nitrogens with zero attached hydrogens (tertiary/aromatic N) is 2. The van der Waals surface area contributed by atoms with Crippen LogP contribution in [0.5, 0.6) is 0 Å². The fourth-order valence-electron chi connectivity index (χ4n) is 3.09. The van der Waals surface area contributed by atoms with Gasteiger partial charge in [0.2, 0.25) is 0 Å². The lowest BCUT2D eigenvalue weighted by atomic mass is 9.97. The molecule has 0 saturated carbocycles. The Morgan fingerprint density at radius 1 is 0.808 bits per heavy atom. The van der Waals surface area contributed by atoms with Gasteiger partial charge >= 0.3 is 11.9 Å². The minimum atomic E-state index is -1.12. The van der Waals surface area contributed by atoms with Crippen LogP contribution in [-0.4, -0.2) is 32.1 Å². The highest BCUT2D eigenvalue weighted by atomic mass is 16.4. The summed E-state index contributed by atoms with van der Waals surface area (Å²) in [5.41, 5.74) is 1.82. The average molecular weight is 344 g/mol. The third-order valence-corrected chi connectivity index (χ3v) is 4.22. The fraction of sp³-hybridized carbons (Fsp3) is 0. The molecule has 0 atom stereocenters. The topological polar surface area (TPSA) is 100 Å². The molecule has 0 aliphatic rings. The summed E-state index contributed by atoms with van der Waals surface area (Å²) < 4.78 is 0. The van der Waals surface area contributed by atoms with Crippen LogP contribution < -0.4 is 0 Å². The van der Waals surface area contributed by atoms with E-state index in [0.717, 1.165) is 0 Å². The third-order valence-electron chi connectivity index (χ3n) is 4.22. The highest BCUT2D eigenvalue weighted by Crippen LogP contribution is 2.31. The zero-order valence-electron chi connectivity index (χ0n) is 13.4. The summed E-state index contributed by atoms with van der Waals surface area (Å²) in [6, 6.07) is 14.9. The van der Waals surface area contributed by atoms with E-state index in [9.17, 15) is 19.8 Å². The largest absolute Gasteiger partial charge is 0.478 e. The number of hydrogen-bond acceptors (Lipinski definition) is 4. The number of carbonyl (C=O) groups is 2. The number of benzene rings is 2. The predicted molar refractivity (Wildman–Crippen MR) is 96.4 cm³/mol. The van der Waals surface area contributed by atoms with Crippen LogP contribution in [0.1, 0.15) is 20.7 Å². The molecule has 6 nitrogen and oxygen atoms in total. The van der Waals surface area contributed by atoms with E-state index in [-0.39, 0.29) is 11.1 Å². The molecule has 2 N–H and O–H groups in total. The van der Waals surface area contributed by atoms with Crippen molar-refractivity contribution in [1.29, 1.82) is 0 Å². The molecule has 0 bridgehead atoms.